The fourth-order valence-electron chi connectivity index (χ4n) is 3.03. The minimum Gasteiger partial charge on any atom is -0.504 e. The van der Waals surface area contributed by atoms with Gasteiger partial charge in [-0.25, -0.2) is 0 Å². The maximum absolute atomic E-state index is 9.94. The Bertz CT molecular complexity index is 724. The van der Waals surface area contributed by atoms with E-state index >= 15 is 0 Å². The van der Waals surface area contributed by atoms with Gasteiger partial charge in [-0.15, -0.1) is 0 Å². The molecule has 0 heterocycles. The van der Waals surface area contributed by atoms with E-state index < -0.39 is 0 Å². The highest BCUT2D eigenvalue weighted by molar-refractivity contribution is 5.43. The van der Waals surface area contributed by atoms with Crippen LogP contribution in [-0.4, -0.2) is 23.4 Å². The van der Waals surface area contributed by atoms with Crippen LogP contribution in [0.1, 0.15) is 38.8 Å². The smallest absolute Gasteiger partial charge is 0.161 e. The van der Waals surface area contributed by atoms with Gasteiger partial charge in [0.25, 0.3) is 0 Å². The van der Waals surface area contributed by atoms with Crippen molar-refractivity contribution in [2.24, 2.45) is 11.8 Å². The van der Waals surface area contributed by atoms with E-state index in [1.807, 2.05) is 38.1 Å². The Morgan fingerprint density at radius 2 is 1.23 bits per heavy atom. The van der Waals surface area contributed by atoms with Gasteiger partial charge < -0.3 is 19.7 Å². The average molecular weight is 358 g/mol. The molecule has 0 saturated carbocycles. The topological polar surface area (TPSA) is 58.9 Å². The van der Waals surface area contributed by atoms with Gasteiger partial charge in [-0.1, -0.05) is 26.0 Å². The van der Waals surface area contributed by atoms with Crippen molar-refractivity contribution in [2.45, 2.75) is 46.6 Å². The van der Waals surface area contributed by atoms with Crippen LogP contribution in [0.5, 0.6) is 23.0 Å². The van der Waals surface area contributed by atoms with E-state index in [-0.39, 0.29) is 17.6 Å². The second-order valence-corrected chi connectivity index (χ2v) is 7.34. The molecule has 0 amide bonds. The summed E-state index contributed by atoms with van der Waals surface area (Å²) in [6.07, 6.45) is 1.84. The molecule has 0 unspecified atom stereocenters. The fourth-order valence-corrected chi connectivity index (χ4v) is 3.03. The van der Waals surface area contributed by atoms with E-state index in [4.69, 9.17) is 9.47 Å². The molecule has 26 heavy (non-hydrogen) atoms. The van der Waals surface area contributed by atoms with E-state index in [9.17, 15) is 10.2 Å². The molecular formula is C22H30O4. The van der Waals surface area contributed by atoms with Crippen molar-refractivity contribution >= 4 is 0 Å². The van der Waals surface area contributed by atoms with E-state index in [0.29, 0.717) is 23.3 Å². The number of rotatable bonds is 8. The number of phenolic OH excluding ortho intramolecular Hbond substituents is 2. The Morgan fingerprint density at radius 3 is 1.69 bits per heavy atom. The van der Waals surface area contributed by atoms with Crippen LogP contribution in [-0.2, 0) is 12.8 Å². The number of phenols is 2. The number of methoxy groups -OCH3 is 1. The third kappa shape index (κ3) is 5.32. The molecule has 0 fully saturated rings. The van der Waals surface area contributed by atoms with Crippen LogP contribution in [0.3, 0.4) is 0 Å². The van der Waals surface area contributed by atoms with Crippen LogP contribution < -0.4 is 9.47 Å². The summed E-state index contributed by atoms with van der Waals surface area (Å²) >= 11 is 0. The molecule has 2 aromatic carbocycles. The average Bonchev–Trinajstić information content (AvgIpc) is 2.59. The van der Waals surface area contributed by atoms with Gasteiger partial charge in [0, 0.05) is 0 Å². The number of benzene rings is 2. The van der Waals surface area contributed by atoms with Crippen molar-refractivity contribution in [1.29, 1.82) is 0 Å². The predicted molar refractivity (Wildman–Crippen MR) is 104 cm³/mol. The van der Waals surface area contributed by atoms with Gasteiger partial charge in [0.15, 0.2) is 23.0 Å². The van der Waals surface area contributed by atoms with Crippen LogP contribution >= 0.6 is 0 Å². The zero-order valence-corrected chi connectivity index (χ0v) is 16.3. The SMILES string of the molecule is COc1cc(C[C@@H](C)[C@H](C)Cc2ccc(O)c(OC(C)C)c2)ccc1O. The molecule has 2 rings (SSSR count). The molecule has 4 heteroatoms. The van der Waals surface area contributed by atoms with Crippen molar-refractivity contribution in [3.8, 4) is 23.0 Å². The maximum Gasteiger partial charge on any atom is 0.161 e. The highest BCUT2D eigenvalue weighted by Gasteiger charge is 2.16. The van der Waals surface area contributed by atoms with Crippen LogP contribution in [0.15, 0.2) is 36.4 Å². The molecule has 0 aliphatic rings. The molecule has 0 bridgehead atoms. The Kier molecular flexibility index (Phi) is 6.78. The zero-order chi connectivity index (χ0) is 19.3. The van der Waals surface area contributed by atoms with Gasteiger partial charge in [0.1, 0.15) is 0 Å². The first-order valence-electron chi connectivity index (χ1n) is 9.14. The first kappa shape index (κ1) is 20.0. The molecular weight excluding hydrogens is 328 g/mol. The minimum absolute atomic E-state index is 0.0250. The molecule has 2 atom stereocenters. The maximum atomic E-state index is 9.94. The lowest BCUT2D eigenvalue weighted by atomic mass is 9.85. The summed E-state index contributed by atoms with van der Waals surface area (Å²) in [5, 5.41) is 19.7. The Labute approximate surface area is 156 Å². The highest BCUT2D eigenvalue weighted by Crippen LogP contribution is 2.31. The third-order valence-corrected chi connectivity index (χ3v) is 4.72. The van der Waals surface area contributed by atoms with Gasteiger partial charge in [0.2, 0.25) is 0 Å². The van der Waals surface area contributed by atoms with E-state index in [1.165, 1.54) is 0 Å². The van der Waals surface area contributed by atoms with E-state index in [2.05, 4.69) is 13.8 Å². The summed E-state index contributed by atoms with van der Waals surface area (Å²) in [5.74, 6) is 2.30. The van der Waals surface area contributed by atoms with Crippen molar-refractivity contribution in [1.82, 2.24) is 0 Å². The summed E-state index contributed by atoms with van der Waals surface area (Å²) in [7, 11) is 1.56. The van der Waals surface area contributed by atoms with Crippen LogP contribution in [0.25, 0.3) is 0 Å². The van der Waals surface area contributed by atoms with E-state index in [1.54, 1.807) is 19.2 Å². The summed E-state index contributed by atoms with van der Waals surface area (Å²) in [5.41, 5.74) is 2.30. The number of hydrogen-bond acceptors (Lipinski definition) is 4. The lowest BCUT2D eigenvalue weighted by Crippen LogP contribution is -2.14. The van der Waals surface area contributed by atoms with Crippen molar-refractivity contribution < 1.29 is 19.7 Å². The quantitative estimate of drug-likeness (QED) is 0.701. The largest absolute Gasteiger partial charge is 0.504 e. The molecule has 2 N–H and O–H groups in total. The fraction of sp³-hybridized carbons (Fsp3) is 0.455. The van der Waals surface area contributed by atoms with Crippen LogP contribution in [0, 0.1) is 11.8 Å². The summed E-state index contributed by atoms with van der Waals surface area (Å²) < 4.78 is 10.9. The first-order chi connectivity index (χ1) is 12.3. The second-order valence-electron chi connectivity index (χ2n) is 7.34. The molecule has 4 nitrogen and oxygen atoms in total. The molecule has 0 aliphatic heterocycles. The normalized spacial score (nSPS) is 13.5. The zero-order valence-electron chi connectivity index (χ0n) is 16.3. The van der Waals surface area contributed by atoms with E-state index in [0.717, 1.165) is 24.0 Å². The van der Waals surface area contributed by atoms with Crippen LogP contribution in [0.2, 0.25) is 0 Å². The molecule has 0 radical (unpaired) electrons. The Balaban J connectivity index is 2.03. The lowest BCUT2D eigenvalue weighted by molar-refractivity contribution is 0.231. The third-order valence-electron chi connectivity index (χ3n) is 4.72. The highest BCUT2D eigenvalue weighted by atomic mass is 16.5. The summed E-state index contributed by atoms with van der Waals surface area (Å²) in [4.78, 5) is 0. The lowest BCUT2D eigenvalue weighted by Gasteiger charge is -2.21. The van der Waals surface area contributed by atoms with Crippen molar-refractivity contribution in [2.75, 3.05) is 7.11 Å². The molecule has 0 aliphatic carbocycles. The molecule has 0 spiro atoms. The second kappa shape index (κ2) is 8.84. The van der Waals surface area contributed by atoms with Crippen molar-refractivity contribution in [3.63, 3.8) is 0 Å². The predicted octanol–water partition coefficient (Wildman–Crippen LogP) is 4.95. The summed E-state index contributed by atoms with van der Waals surface area (Å²) in [6.45, 7) is 8.36. The minimum atomic E-state index is 0.0250. The Hall–Kier alpha value is -2.36. The standard InChI is InChI=1S/C22H30O4/c1-14(2)26-22-13-18(7-9-20(22)24)11-16(4)15(3)10-17-6-8-19(23)21(12-17)25-5/h6-9,12-16,23-24H,10-11H2,1-5H3/t15-,16-/m1/s1. The number of hydrogen-bond donors (Lipinski definition) is 2. The van der Waals surface area contributed by atoms with Gasteiger partial charge in [-0.2, -0.15) is 0 Å². The molecule has 2 aromatic rings. The van der Waals surface area contributed by atoms with Gasteiger partial charge in [-0.3, -0.25) is 0 Å². The molecule has 0 saturated heterocycles. The van der Waals surface area contributed by atoms with Gasteiger partial charge in [0.05, 0.1) is 13.2 Å². The van der Waals surface area contributed by atoms with Crippen LogP contribution in [0.4, 0.5) is 0 Å². The van der Waals surface area contributed by atoms with Crippen molar-refractivity contribution in [3.05, 3.63) is 47.5 Å². The number of ether oxygens (including phenoxy) is 2. The monoisotopic (exact) mass is 358 g/mol. The Morgan fingerprint density at radius 1 is 0.769 bits per heavy atom. The van der Waals surface area contributed by atoms with Gasteiger partial charge >= 0.3 is 0 Å². The van der Waals surface area contributed by atoms with Gasteiger partial charge in [-0.05, 0) is 73.9 Å². The molecule has 0 aromatic heterocycles. The molecule has 142 valence electrons. The first-order valence-corrected chi connectivity index (χ1v) is 9.14. The number of aromatic hydroxyl groups is 2. The summed E-state index contributed by atoms with van der Waals surface area (Å²) in [6, 6.07) is 11.1.